The second-order valence-corrected chi connectivity index (χ2v) is 3.33. The molecule has 0 saturated heterocycles. The molecular formula is C11H9ClFN3O. The van der Waals surface area contributed by atoms with Gasteiger partial charge in [-0.05, 0) is 18.2 Å². The maximum Gasteiger partial charge on any atom is 0.151 e. The molecule has 0 radical (unpaired) electrons. The average molecular weight is 254 g/mol. The fourth-order valence-corrected chi connectivity index (χ4v) is 1.09. The van der Waals surface area contributed by atoms with Gasteiger partial charge in [-0.1, -0.05) is 17.7 Å². The number of aromatic nitrogens is 2. The highest BCUT2D eigenvalue weighted by atomic mass is 35.5. The third kappa shape index (κ3) is 5.03. The number of nitrogens with two attached hydrogens (primary N) is 1. The lowest BCUT2D eigenvalue weighted by molar-refractivity contribution is 0.112. The smallest absolute Gasteiger partial charge is 0.151 e. The van der Waals surface area contributed by atoms with Crippen molar-refractivity contribution in [2.45, 2.75) is 0 Å². The van der Waals surface area contributed by atoms with Crippen LogP contribution in [0.25, 0.3) is 0 Å². The summed E-state index contributed by atoms with van der Waals surface area (Å²) in [6.07, 6.45) is 2.90. The van der Waals surface area contributed by atoms with E-state index >= 15 is 0 Å². The molecule has 2 aromatic rings. The van der Waals surface area contributed by atoms with E-state index in [9.17, 15) is 9.18 Å². The number of hydrogen-bond acceptors (Lipinski definition) is 4. The van der Waals surface area contributed by atoms with Gasteiger partial charge < -0.3 is 5.73 Å². The zero-order valence-corrected chi connectivity index (χ0v) is 9.43. The second-order valence-electron chi connectivity index (χ2n) is 2.94. The van der Waals surface area contributed by atoms with E-state index in [0.29, 0.717) is 17.3 Å². The molecule has 0 spiro atoms. The summed E-state index contributed by atoms with van der Waals surface area (Å²) < 4.78 is 12.1. The Morgan fingerprint density at radius 3 is 2.53 bits per heavy atom. The van der Waals surface area contributed by atoms with Gasteiger partial charge in [0.05, 0.1) is 6.20 Å². The van der Waals surface area contributed by atoms with E-state index in [0.717, 1.165) is 12.3 Å². The van der Waals surface area contributed by atoms with Crippen LogP contribution in [0, 0.1) is 5.82 Å². The number of carbonyl (C=O) groups is 1. The predicted molar refractivity (Wildman–Crippen MR) is 63.2 cm³/mol. The number of aldehydes is 1. The van der Waals surface area contributed by atoms with Gasteiger partial charge in [0, 0.05) is 11.8 Å². The van der Waals surface area contributed by atoms with E-state index in [1.165, 1.54) is 6.20 Å². The molecule has 0 amide bonds. The number of rotatable bonds is 1. The van der Waals surface area contributed by atoms with Crippen molar-refractivity contribution < 1.29 is 9.18 Å². The van der Waals surface area contributed by atoms with Crippen LogP contribution in [0.2, 0.25) is 5.15 Å². The third-order valence-electron chi connectivity index (χ3n) is 1.60. The fourth-order valence-electron chi connectivity index (χ4n) is 0.917. The molecule has 4 nitrogen and oxygen atoms in total. The van der Waals surface area contributed by atoms with E-state index in [1.807, 2.05) is 0 Å². The Balaban J connectivity index is 0.000000171. The van der Waals surface area contributed by atoms with E-state index in [4.69, 9.17) is 17.3 Å². The van der Waals surface area contributed by atoms with Crippen molar-refractivity contribution in [3.05, 3.63) is 53.2 Å². The minimum atomic E-state index is -0.486. The van der Waals surface area contributed by atoms with Crippen LogP contribution in [0.1, 0.15) is 10.4 Å². The van der Waals surface area contributed by atoms with Crippen molar-refractivity contribution in [1.82, 2.24) is 9.97 Å². The maximum absolute atomic E-state index is 12.1. The summed E-state index contributed by atoms with van der Waals surface area (Å²) in [5.74, 6) is -0.0305. The number of pyridine rings is 2. The standard InChI is InChI=1S/C6H4FNO.C5H5ClN2/c7-6-1-5(4-9)2-8-3-6;6-4-2-1-3-5(7)8-4/h1-4H;1-3H,(H2,7,8). The highest BCUT2D eigenvalue weighted by Crippen LogP contribution is 2.04. The number of anilines is 1. The Morgan fingerprint density at radius 2 is 2.12 bits per heavy atom. The lowest BCUT2D eigenvalue weighted by Gasteiger charge is -1.88. The van der Waals surface area contributed by atoms with Gasteiger partial charge in [0.15, 0.2) is 6.29 Å². The van der Waals surface area contributed by atoms with Crippen LogP contribution in [-0.2, 0) is 0 Å². The van der Waals surface area contributed by atoms with Crippen LogP contribution in [0.5, 0.6) is 0 Å². The highest BCUT2D eigenvalue weighted by molar-refractivity contribution is 6.29. The normalized spacial score (nSPS) is 9.06. The molecule has 88 valence electrons. The Bertz CT molecular complexity index is 490. The number of carbonyl (C=O) groups excluding carboxylic acids is 1. The summed E-state index contributed by atoms with van der Waals surface area (Å²) >= 11 is 5.45. The summed E-state index contributed by atoms with van der Waals surface area (Å²) in [4.78, 5) is 17.1. The number of halogens is 2. The maximum atomic E-state index is 12.1. The zero-order valence-electron chi connectivity index (χ0n) is 8.68. The summed E-state index contributed by atoms with van der Waals surface area (Å²) in [6.45, 7) is 0. The molecule has 6 heteroatoms. The fraction of sp³-hybridized carbons (Fsp3) is 0. The van der Waals surface area contributed by atoms with Crippen LogP contribution in [-0.4, -0.2) is 16.3 Å². The molecule has 2 heterocycles. The van der Waals surface area contributed by atoms with Crippen molar-refractivity contribution in [2.75, 3.05) is 5.73 Å². The first-order valence-corrected chi connectivity index (χ1v) is 4.93. The van der Waals surface area contributed by atoms with E-state index < -0.39 is 5.82 Å². The molecule has 0 aromatic carbocycles. The number of nitrogen functional groups attached to an aromatic ring is 1. The summed E-state index contributed by atoms with van der Waals surface area (Å²) in [7, 11) is 0. The summed E-state index contributed by atoms with van der Waals surface area (Å²) in [6, 6.07) is 6.24. The zero-order chi connectivity index (χ0) is 12.7. The lowest BCUT2D eigenvalue weighted by Crippen LogP contribution is -1.87. The van der Waals surface area contributed by atoms with E-state index in [-0.39, 0.29) is 5.56 Å². The molecule has 0 aliphatic heterocycles. The Labute approximate surface area is 102 Å². The van der Waals surface area contributed by atoms with Crippen LogP contribution in [0.15, 0.2) is 36.7 Å². The van der Waals surface area contributed by atoms with Crippen molar-refractivity contribution in [3.8, 4) is 0 Å². The molecule has 0 saturated carbocycles. The highest BCUT2D eigenvalue weighted by Gasteiger charge is 1.90. The molecule has 0 unspecified atom stereocenters. The number of nitrogens with zero attached hydrogens (tertiary/aromatic N) is 2. The average Bonchev–Trinajstić information content (AvgIpc) is 2.29. The summed E-state index contributed by atoms with van der Waals surface area (Å²) in [5.41, 5.74) is 5.52. The van der Waals surface area contributed by atoms with Crippen LogP contribution in [0.3, 0.4) is 0 Å². The van der Waals surface area contributed by atoms with Crippen molar-refractivity contribution in [2.24, 2.45) is 0 Å². The van der Waals surface area contributed by atoms with Gasteiger partial charge in [0.25, 0.3) is 0 Å². The second kappa shape index (κ2) is 6.55. The lowest BCUT2D eigenvalue weighted by atomic mass is 10.3. The van der Waals surface area contributed by atoms with Gasteiger partial charge in [-0.3, -0.25) is 9.78 Å². The molecule has 0 aliphatic rings. The minimum absolute atomic E-state index is 0.259. The molecule has 0 aliphatic carbocycles. The van der Waals surface area contributed by atoms with Gasteiger partial charge in [0.2, 0.25) is 0 Å². The van der Waals surface area contributed by atoms with Crippen molar-refractivity contribution in [3.63, 3.8) is 0 Å². The van der Waals surface area contributed by atoms with Crippen molar-refractivity contribution in [1.29, 1.82) is 0 Å². The molecule has 0 fully saturated rings. The van der Waals surface area contributed by atoms with E-state index in [1.54, 1.807) is 18.2 Å². The predicted octanol–water partition coefficient (Wildman–Crippen LogP) is 2.35. The Morgan fingerprint density at radius 1 is 1.35 bits per heavy atom. The first kappa shape index (κ1) is 13.1. The SMILES string of the molecule is Nc1cccc(Cl)n1.O=Cc1cncc(F)c1. The third-order valence-corrected chi connectivity index (χ3v) is 1.81. The van der Waals surface area contributed by atoms with Crippen molar-refractivity contribution >= 4 is 23.7 Å². The van der Waals surface area contributed by atoms with E-state index in [2.05, 4.69) is 9.97 Å². The largest absolute Gasteiger partial charge is 0.384 e. The Kier molecular flexibility index (Phi) is 5.03. The van der Waals surface area contributed by atoms with Gasteiger partial charge in [0.1, 0.15) is 16.8 Å². The molecule has 0 atom stereocenters. The minimum Gasteiger partial charge on any atom is -0.384 e. The van der Waals surface area contributed by atoms with Gasteiger partial charge >= 0.3 is 0 Å². The van der Waals surface area contributed by atoms with Crippen LogP contribution >= 0.6 is 11.6 Å². The summed E-state index contributed by atoms with van der Waals surface area (Å²) in [5, 5.41) is 0.435. The van der Waals surface area contributed by atoms with Gasteiger partial charge in [-0.25, -0.2) is 9.37 Å². The van der Waals surface area contributed by atoms with Gasteiger partial charge in [-0.15, -0.1) is 0 Å². The van der Waals surface area contributed by atoms with Crippen LogP contribution < -0.4 is 5.73 Å². The first-order chi connectivity index (χ1) is 8.11. The van der Waals surface area contributed by atoms with Gasteiger partial charge in [-0.2, -0.15) is 0 Å². The topological polar surface area (TPSA) is 68.9 Å². The molecule has 2 aromatic heterocycles. The monoisotopic (exact) mass is 253 g/mol. The Hall–Kier alpha value is -2.01. The molecule has 2 N–H and O–H groups in total. The number of hydrogen-bond donors (Lipinski definition) is 1. The molecule has 0 bridgehead atoms. The quantitative estimate of drug-likeness (QED) is 0.626. The molecule has 17 heavy (non-hydrogen) atoms. The molecule has 2 rings (SSSR count). The first-order valence-electron chi connectivity index (χ1n) is 4.55. The van der Waals surface area contributed by atoms with Crippen LogP contribution in [0.4, 0.5) is 10.2 Å². The molecular weight excluding hydrogens is 245 g/mol.